The van der Waals surface area contributed by atoms with E-state index in [1.807, 2.05) is 0 Å². The quantitative estimate of drug-likeness (QED) is 0.712. The van der Waals surface area contributed by atoms with Gasteiger partial charge in [-0.1, -0.05) is 11.6 Å². The standard InChI is InChI=1S/C16H19ClN4O5S/c1-8-14(9(2)21(4)20-8)19-15(22)10(3)26-16(23)11-5-6-12(17)13(7-11)27(18,24)25/h5-7,10H,1-4H3,(H,19,22)(H2,18,24,25)/t10-/m1/s1. The first-order chi connectivity index (χ1) is 12.4. The lowest BCUT2D eigenvalue weighted by Crippen LogP contribution is -2.30. The first kappa shape index (κ1) is 20.9. The Morgan fingerprint density at radius 1 is 1.33 bits per heavy atom. The maximum Gasteiger partial charge on any atom is 0.338 e. The van der Waals surface area contributed by atoms with Gasteiger partial charge in [0.15, 0.2) is 6.10 Å². The predicted octanol–water partition coefficient (Wildman–Crippen LogP) is 1.52. The van der Waals surface area contributed by atoms with Crippen LogP contribution in [0.25, 0.3) is 0 Å². The van der Waals surface area contributed by atoms with E-state index in [0.717, 1.165) is 11.8 Å². The zero-order chi connectivity index (χ0) is 20.5. The lowest BCUT2D eigenvalue weighted by Gasteiger charge is -2.14. The van der Waals surface area contributed by atoms with Crippen LogP contribution < -0.4 is 10.5 Å². The van der Waals surface area contributed by atoms with E-state index in [-0.39, 0.29) is 10.6 Å². The smallest absolute Gasteiger partial charge is 0.338 e. The molecule has 3 N–H and O–H groups in total. The Bertz CT molecular complexity index is 1020. The number of sulfonamides is 1. The van der Waals surface area contributed by atoms with Crippen molar-refractivity contribution < 1.29 is 22.7 Å². The van der Waals surface area contributed by atoms with Gasteiger partial charge in [-0.25, -0.2) is 18.4 Å². The Morgan fingerprint density at radius 3 is 2.48 bits per heavy atom. The molecule has 1 aromatic heterocycles. The van der Waals surface area contributed by atoms with Gasteiger partial charge in [-0.2, -0.15) is 5.10 Å². The van der Waals surface area contributed by atoms with Gasteiger partial charge >= 0.3 is 5.97 Å². The van der Waals surface area contributed by atoms with E-state index in [1.54, 1.807) is 25.6 Å². The molecule has 0 radical (unpaired) electrons. The Hall–Kier alpha value is -2.43. The average Bonchev–Trinajstić information content (AvgIpc) is 2.80. The number of nitrogens with one attached hydrogen (secondary N) is 1. The first-order valence-corrected chi connectivity index (χ1v) is 9.68. The number of amides is 1. The number of benzene rings is 1. The Labute approximate surface area is 161 Å². The van der Waals surface area contributed by atoms with Gasteiger partial charge in [0.05, 0.1) is 27.7 Å². The predicted molar refractivity (Wildman–Crippen MR) is 99.0 cm³/mol. The van der Waals surface area contributed by atoms with Crippen molar-refractivity contribution in [1.29, 1.82) is 0 Å². The van der Waals surface area contributed by atoms with Crippen LogP contribution in [0.3, 0.4) is 0 Å². The zero-order valence-corrected chi connectivity index (χ0v) is 16.7. The van der Waals surface area contributed by atoms with Gasteiger partial charge < -0.3 is 10.1 Å². The third kappa shape index (κ3) is 4.65. The van der Waals surface area contributed by atoms with E-state index in [2.05, 4.69) is 10.4 Å². The number of hydrogen-bond donors (Lipinski definition) is 2. The van der Waals surface area contributed by atoms with Gasteiger partial charge in [-0.05, 0) is 39.0 Å². The number of esters is 1. The minimum atomic E-state index is -4.11. The fourth-order valence-corrected chi connectivity index (χ4v) is 3.38. The second-order valence-corrected chi connectivity index (χ2v) is 7.83. The summed E-state index contributed by atoms with van der Waals surface area (Å²) in [6.07, 6.45) is -1.13. The molecule has 0 bridgehead atoms. The summed E-state index contributed by atoms with van der Waals surface area (Å²) in [5, 5.41) is 11.8. The summed E-state index contributed by atoms with van der Waals surface area (Å²) >= 11 is 5.78. The molecule has 9 nitrogen and oxygen atoms in total. The Morgan fingerprint density at radius 2 is 1.96 bits per heavy atom. The molecule has 1 aromatic carbocycles. The molecule has 0 spiro atoms. The lowest BCUT2D eigenvalue weighted by molar-refractivity contribution is -0.123. The third-order valence-electron chi connectivity index (χ3n) is 3.88. The number of halogens is 1. The van der Waals surface area contributed by atoms with Crippen molar-refractivity contribution in [2.75, 3.05) is 5.32 Å². The number of aromatic nitrogens is 2. The SMILES string of the molecule is Cc1nn(C)c(C)c1NC(=O)[C@@H](C)OC(=O)c1ccc(Cl)c(S(N)(=O)=O)c1. The van der Waals surface area contributed by atoms with Crippen molar-refractivity contribution >= 4 is 39.2 Å². The molecule has 0 aliphatic rings. The van der Waals surface area contributed by atoms with Crippen LogP contribution in [0.5, 0.6) is 0 Å². The fraction of sp³-hybridized carbons (Fsp3) is 0.312. The summed E-state index contributed by atoms with van der Waals surface area (Å²) in [5.41, 5.74) is 1.80. The second-order valence-electron chi connectivity index (χ2n) is 5.90. The fourth-order valence-electron chi connectivity index (χ4n) is 2.31. The lowest BCUT2D eigenvalue weighted by atomic mass is 10.2. The summed E-state index contributed by atoms with van der Waals surface area (Å²) in [6.45, 7) is 4.92. The summed E-state index contributed by atoms with van der Waals surface area (Å²) < 4.78 is 29.7. The molecule has 2 rings (SSSR count). The number of nitrogens with two attached hydrogens (primary N) is 1. The van der Waals surface area contributed by atoms with Crippen molar-refractivity contribution in [1.82, 2.24) is 9.78 Å². The molecule has 0 aliphatic carbocycles. The first-order valence-electron chi connectivity index (χ1n) is 7.76. The molecule has 0 aliphatic heterocycles. The van der Waals surface area contributed by atoms with E-state index in [0.29, 0.717) is 11.4 Å². The number of carbonyl (C=O) groups excluding carboxylic acids is 2. The van der Waals surface area contributed by atoms with Crippen LogP contribution in [0.15, 0.2) is 23.1 Å². The van der Waals surface area contributed by atoms with Crippen molar-refractivity contribution in [3.8, 4) is 0 Å². The molecular weight excluding hydrogens is 396 g/mol. The molecule has 27 heavy (non-hydrogen) atoms. The van der Waals surface area contributed by atoms with Crippen LogP contribution in [0.2, 0.25) is 5.02 Å². The van der Waals surface area contributed by atoms with E-state index < -0.39 is 32.9 Å². The van der Waals surface area contributed by atoms with E-state index >= 15 is 0 Å². The van der Waals surface area contributed by atoms with Gasteiger partial charge in [0.1, 0.15) is 4.90 Å². The number of ether oxygens (including phenoxy) is 1. The monoisotopic (exact) mass is 414 g/mol. The molecule has 2 aromatic rings. The summed E-state index contributed by atoms with van der Waals surface area (Å²) in [6, 6.07) is 3.49. The van der Waals surface area contributed by atoms with Crippen LogP contribution >= 0.6 is 11.6 Å². The maximum atomic E-state index is 12.3. The van der Waals surface area contributed by atoms with Crippen LogP contribution in [0.1, 0.15) is 28.7 Å². The molecular formula is C16H19ClN4O5S. The van der Waals surface area contributed by atoms with Crippen molar-refractivity contribution in [3.05, 3.63) is 40.2 Å². The third-order valence-corrected chi connectivity index (χ3v) is 5.28. The average molecular weight is 415 g/mol. The van der Waals surface area contributed by atoms with Crippen LogP contribution in [0.4, 0.5) is 5.69 Å². The van der Waals surface area contributed by atoms with E-state index in [1.165, 1.54) is 19.1 Å². The zero-order valence-electron chi connectivity index (χ0n) is 15.1. The molecule has 1 atom stereocenters. The number of primary sulfonamides is 1. The van der Waals surface area contributed by atoms with E-state index in [4.69, 9.17) is 21.5 Å². The molecule has 0 unspecified atom stereocenters. The van der Waals surface area contributed by atoms with E-state index in [9.17, 15) is 18.0 Å². The maximum absolute atomic E-state index is 12.3. The molecule has 146 valence electrons. The Balaban J connectivity index is 2.14. The summed E-state index contributed by atoms with van der Waals surface area (Å²) in [4.78, 5) is 24.1. The largest absolute Gasteiger partial charge is 0.449 e. The highest BCUT2D eigenvalue weighted by molar-refractivity contribution is 7.89. The van der Waals surface area contributed by atoms with Crippen molar-refractivity contribution in [3.63, 3.8) is 0 Å². The van der Waals surface area contributed by atoms with Crippen molar-refractivity contribution in [2.45, 2.75) is 31.8 Å². The van der Waals surface area contributed by atoms with Gasteiger partial charge in [0, 0.05) is 7.05 Å². The van der Waals surface area contributed by atoms with Crippen LogP contribution in [-0.2, 0) is 26.6 Å². The topological polar surface area (TPSA) is 133 Å². The number of hydrogen-bond acceptors (Lipinski definition) is 6. The number of anilines is 1. The minimum Gasteiger partial charge on any atom is -0.449 e. The Kier molecular flexibility index (Phi) is 5.93. The van der Waals surface area contributed by atoms with Gasteiger partial charge in [0.2, 0.25) is 10.0 Å². The molecule has 0 saturated heterocycles. The molecule has 0 saturated carbocycles. The van der Waals surface area contributed by atoms with Gasteiger partial charge in [0.25, 0.3) is 5.91 Å². The highest BCUT2D eigenvalue weighted by Crippen LogP contribution is 2.22. The second kappa shape index (κ2) is 7.67. The summed E-state index contributed by atoms with van der Waals surface area (Å²) in [7, 11) is -2.37. The molecule has 1 heterocycles. The summed E-state index contributed by atoms with van der Waals surface area (Å²) in [5.74, 6) is -1.44. The molecule has 0 fully saturated rings. The number of nitrogens with zero attached hydrogens (tertiary/aromatic N) is 2. The molecule has 11 heteroatoms. The number of aryl methyl sites for hydroxylation is 2. The number of rotatable bonds is 5. The van der Waals surface area contributed by atoms with Crippen LogP contribution in [-0.4, -0.2) is 36.2 Å². The van der Waals surface area contributed by atoms with Crippen LogP contribution in [0, 0.1) is 13.8 Å². The highest BCUT2D eigenvalue weighted by Gasteiger charge is 2.23. The molecule has 1 amide bonds. The van der Waals surface area contributed by atoms with Crippen molar-refractivity contribution in [2.24, 2.45) is 12.2 Å². The minimum absolute atomic E-state index is 0.100. The number of carbonyl (C=O) groups is 2. The normalized spacial score (nSPS) is 12.5. The highest BCUT2D eigenvalue weighted by atomic mass is 35.5. The van der Waals surface area contributed by atoms with Gasteiger partial charge in [-0.15, -0.1) is 0 Å². The van der Waals surface area contributed by atoms with Gasteiger partial charge in [-0.3, -0.25) is 9.48 Å².